The van der Waals surface area contributed by atoms with Crippen LogP contribution in [0.15, 0.2) is 0 Å². The fourth-order valence-corrected chi connectivity index (χ4v) is 2.71. The quantitative estimate of drug-likeness (QED) is 0.700. The Kier molecular flexibility index (Phi) is 5.11. The smallest absolute Gasteiger partial charge is 0.00724 e. The number of rotatable bonds is 6. The highest BCUT2D eigenvalue weighted by atomic mass is 14.9. The predicted octanol–water partition coefficient (Wildman–Crippen LogP) is 3.98. The van der Waals surface area contributed by atoms with E-state index in [0.717, 1.165) is 12.0 Å². The van der Waals surface area contributed by atoms with Crippen molar-refractivity contribution in [2.75, 3.05) is 6.54 Å². The first-order valence-electron chi connectivity index (χ1n) is 6.79. The molecule has 0 spiro atoms. The molecule has 1 saturated carbocycles. The van der Waals surface area contributed by atoms with Crippen molar-refractivity contribution in [3.05, 3.63) is 0 Å². The van der Waals surface area contributed by atoms with Gasteiger partial charge in [-0.25, -0.2) is 0 Å². The van der Waals surface area contributed by atoms with E-state index in [0.29, 0.717) is 5.41 Å². The zero-order chi connectivity index (χ0) is 11.3. The summed E-state index contributed by atoms with van der Waals surface area (Å²) < 4.78 is 0. The van der Waals surface area contributed by atoms with Gasteiger partial charge in [0.1, 0.15) is 0 Å². The second-order valence-electron chi connectivity index (χ2n) is 6.14. The van der Waals surface area contributed by atoms with Gasteiger partial charge in [-0.15, -0.1) is 0 Å². The van der Waals surface area contributed by atoms with Crippen LogP contribution in [0.25, 0.3) is 0 Å². The summed E-state index contributed by atoms with van der Waals surface area (Å²) in [6, 6.07) is 0.808. The normalized spacial score (nSPS) is 31.4. The first-order valence-corrected chi connectivity index (χ1v) is 6.79. The van der Waals surface area contributed by atoms with Crippen LogP contribution in [0.5, 0.6) is 0 Å². The SMILES string of the molecule is CCCNC1CCC(C)(CCC(C)C)C1. The maximum atomic E-state index is 3.67. The molecular formula is C14H29N. The third-order valence-corrected chi connectivity index (χ3v) is 3.84. The second-order valence-corrected chi connectivity index (χ2v) is 6.14. The Labute approximate surface area is 96.0 Å². The van der Waals surface area contributed by atoms with Gasteiger partial charge in [0, 0.05) is 6.04 Å². The third-order valence-electron chi connectivity index (χ3n) is 3.84. The van der Waals surface area contributed by atoms with Crippen molar-refractivity contribution in [1.82, 2.24) is 5.32 Å². The lowest BCUT2D eigenvalue weighted by atomic mass is 9.82. The average molecular weight is 211 g/mol. The van der Waals surface area contributed by atoms with Crippen molar-refractivity contribution < 1.29 is 0 Å². The summed E-state index contributed by atoms with van der Waals surface area (Å²) in [5, 5.41) is 3.67. The molecule has 90 valence electrons. The minimum absolute atomic E-state index is 0.635. The van der Waals surface area contributed by atoms with Gasteiger partial charge >= 0.3 is 0 Å². The van der Waals surface area contributed by atoms with Crippen LogP contribution in [0, 0.1) is 11.3 Å². The molecule has 1 rings (SSSR count). The summed E-state index contributed by atoms with van der Waals surface area (Å²) in [6.45, 7) is 10.6. The van der Waals surface area contributed by atoms with Gasteiger partial charge in [-0.2, -0.15) is 0 Å². The van der Waals surface area contributed by atoms with E-state index in [9.17, 15) is 0 Å². The Morgan fingerprint density at radius 3 is 2.73 bits per heavy atom. The molecule has 1 fully saturated rings. The first kappa shape index (κ1) is 13.0. The van der Waals surface area contributed by atoms with Crippen LogP contribution >= 0.6 is 0 Å². The van der Waals surface area contributed by atoms with E-state index < -0.39 is 0 Å². The Balaban J connectivity index is 2.26. The molecular weight excluding hydrogens is 182 g/mol. The highest BCUT2D eigenvalue weighted by Gasteiger charge is 2.34. The molecule has 0 bridgehead atoms. The Hall–Kier alpha value is -0.0400. The lowest BCUT2D eigenvalue weighted by molar-refractivity contribution is 0.273. The monoisotopic (exact) mass is 211 g/mol. The molecule has 1 aliphatic rings. The highest BCUT2D eigenvalue weighted by Crippen LogP contribution is 2.42. The summed E-state index contributed by atoms with van der Waals surface area (Å²) in [5.41, 5.74) is 0.635. The molecule has 0 aromatic carbocycles. The second kappa shape index (κ2) is 5.89. The largest absolute Gasteiger partial charge is 0.314 e. The van der Waals surface area contributed by atoms with E-state index in [1.54, 1.807) is 0 Å². The molecule has 0 radical (unpaired) electrons. The molecule has 0 amide bonds. The molecule has 2 atom stereocenters. The van der Waals surface area contributed by atoms with Crippen LogP contribution < -0.4 is 5.32 Å². The molecule has 0 aromatic heterocycles. The predicted molar refractivity (Wildman–Crippen MR) is 68.1 cm³/mol. The van der Waals surface area contributed by atoms with Crippen molar-refractivity contribution in [2.24, 2.45) is 11.3 Å². The first-order chi connectivity index (χ1) is 7.06. The van der Waals surface area contributed by atoms with E-state index in [-0.39, 0.29) is 0 Å². The lowest BCUT2D eigenvalue weighted by Crippen LogP contribution is -2.28. The van der Waals surface area contributed by atoms with Gasteiger partial charge in [-0.3, -0.25) is 0 Å². The van der Waals surface area contributed by atoms with Gasteiger partial charge in [-0.05, 0) is 50.0 Å². The van der Waals surface area contributed by atoms with Crippen molar-refractivity contribution in [3.8, 4) is 0 Å². The molecule has 1 aliphatic carbocycles. The molecule has 0 aromatic rings. The van der Waals surface area contributed by atoms with Gasteiger partial charge < -0.3 is 5.32 Å². The van der Waals surface area contributed by atoms with E-state index in [4.69, 9.17) is 0 Å². The third kappa shape index (κ3) is 4.55. The molecule has 2 unspecified atom stereocenters. The van der Waals surface area contributed by atoms with E-state index in [1.165, 1.54) is 45.1 Å². The average Bonchev–Trinajstić information content (AvgIpc) is 2.55. The van der Waals surface area contributed by atoms with Gasteiger partial charge in [0.25, 0.3) is 0 Å². The molecule has 15 heavy (non-hydrogen) atoms. The fraction of sp³-hybridized carbons (Fsp3) is 1.00. The van der Waals surface area contributed by atoms with Gasteiger partial charge in [0.15, 0.2) is 0 Å². The highest BCUT2D eigenvalue weighted by molar-refractivity contribution is 4.89. The van der Waals surface area contributed by atoms with E-state index in [2.05, 4.69) is 33.0 Å². The van der Waals surface area contributed by atoms with Crippen LogP contribution in [0.2, 0.25) is 0 Å². The fourth-order valence-electron chi connectivity index (χ4n) is 2.71. The van der Waals surface area contributed by atoms with Crippen LogP contribution in [-0.4, -0.2) is 12.6 Å². The summed E-state index contributed by atoms with van der Waals surface area (Å²) in [7, 11) is 0. The standard InChI is InChI=1S/C14H29N/c1-5-10-15-13-7-9-14(4,11-13)8-6-12(2)3/h12-13,15H,5-11H2,1-4H3. The molecule has 0 aliphatic heterocycles. The number of hydrogen-bond acceptors (Lipinski definition) is 1. The molecule has 1 heteroatoms. The topological polar surface area (TPSA) is 12.0 Å². The number of nitrogens with one attached hydrogen (secondary N) is 1. The van der Waals surface area contributed by atoms with Crippen LogP contribution in [0.4, 0.5) is 0 Å². The molecule has 1 N–H and O–H groups in total. The van der Waals surface area contributed by atoms with Gasteiger partial charge in [-0.1, -0.05) is 34.1 Å². The minimum Gasteiger partial charge on any atom is -0.314 e. The zero-order valence-electron chi connectivity index (χ0n) is 11.1. The van der Waals surface area contributed by atoms with Crippen molar-refractivity contribution >= 4 is 0 Å². The molecule has 0 heterocycles. The Bertz CT molecular complexity index is 176. The Morgan fingerprint density at radius 1 is 1.40 bits per heavy atom. The summed E-state index contributed by atoms with van der Waals surface area (Å²) in [6.07, 6.45) is 8.32. The van der Waals surface area contributed by atoms with Crippen molar-refractivity contribution in [3.63, 3.8) is 0 Å². The number of hydrogen-bond donors (Lipinski definition) is 1. The Morgan fingerprint density at radius 2 is 2.13 bits per heavy atom. The van der Waals surface area contributed by atoms with Crippen LogP contribution in [0.3, 0.4) is 0 Å². The van der Waals surface area contributed by atoms with Crippen LogP contribution in [0.1, 0.15) is 66.2 Å². The lowest BCUT2D eigenvalue weighted by Gasteiger charge is -2.25. The van der Waals surface area contributed by atoms with Crippen molar-refractivity contribution in [1.29, 1.82) is 0 Å². The van der Waals surface area contributed by atoms with E-state index >= 15 is 0 Å². The molecule has 1 nitrogen and oxygen atoms in total. The summed E-state index contributed by atoms with van der Waals surface area (Å²) >= 11 is 0. The maximum absolute atomic E-state index is 3.67. The van der Waals surface area contributed by atoms with Gasteiger partial charge in [0.05, 0.1) is 0 Å². The van der Waals surface area contributed by atoms with E-state index in [1.807, 2.05) is 0 Å². The molecule has 0 saturated heterocycles. The minimum atomic E-state index is 0.635. The van der Waals surface area contributed by atoms with Crippen molar-refractivity contribution in [2.45, 2.75) is 72.3 Å². The summed E-state index contributed by atoms with van der Waals surface area (Å²) in [4.78, 5) is 0. The van der Waals surface area contributed by atoms with Crippen LogP contribution in [-0.2, 0) is 0 Å². The maximum Gasteiger partial charge on any atom is 0.00724 e. The summed E-state index contributed by atoms with van der Waals surface area (Å²) in [5.74, 6) is 0.865. The van der Waals surface area contributed by atoms with Gasteiger partial charge in [0.2, 0.25) is 0 Å². The zero-order valence-corrected chi connectivity index (χ0v) is 11.1.